The first kappa shape index (κ1) is 32.8. The number of aryl methyl sites for hydroxylation is 1. The third-order valence-electron chi connectivity index (χ3n) is 6.93. The summed E-state index contributed by atoms with van der Waals surface area (Å²) in [6.07, 6.45) is -8.94. The van der Waals surface area contributed by atoms with Gasteiger partial charge in [0.2, 0.25) is 5.91 Å². The van der Waals surface area contributed by atoms with Crippen molar-refractivity contribution >= 4 is 17.4 Å². The number of carbonyl (C=O) groups is 1. The summed E-state index contributed by atoms with van der Waals surface area (Å²) in [5, 5.41) is 18.9. The summed E-state index contributed by atoms with van der Waals surface area (Å²) in [4.78, 5) is 20.8. The van der Waals surface area contributed by atoms with E-state index >= 15 is 0 Å². The number of halogens is 7. The number of alkyl halides is 6. The minimum absolute atomic E-state index is 0.00817. The lowest BCUT2D eigenvalue weighted by molar-refractivity contribution is -0.143. The van der Waals surface area contributed by atoms with Crippen LogP contribution in [0.3, 0.4) is 0 Å². The lowest BCUT2D eigenvalue weighted by Crippen LogP contribution is -2.42. The molecule has 1 amide bonds. The minimum atomic E-state index is -5.10. The molecule has 0 spiro atoms. The highest BCUT2D eigenvalue weighted by Gasteiger charge is 2.41. The first-order valence-electron chi connectivity index (χ1n) is 12.7. The van der Waals surface area contributed by atoms with Crippen molar-refractivity contribution < 1.29 is 45.7 Å². The minimum Gasteiger partial charge on any atom is -0.395 e. The summed E-state index contributed by atoms with van der Waals surface area (Å²) < 4.78 is 95.6. The average molecular weight is 602 g/mol. The second-order valence-electron chi connectivity index (χ2n) is 10.2. The van der Waals surface area contributed by atoms with Gasteiger partial charge in [0.05, 0.1) is 41.6 Å². The molecule has 228 valence electrons. The van der Waals surface area contributed by atoms with Gasteiger partial charge in [0.15, 0.2) is 0 Å². The molecule has 42 heavy (non-hydrogen) atoms. The van der Waals surface area contributed by atoms with E-state index < -0.39 is 46.2 Å². The second-order valence-corrected chi connectivity index (χ2v) is 10.2. The van der Waals surface area contributed by atoms with Gasteiger partial charge in [0, 0.05) is 25.7 Å². The number of benzene rings is 2. The highest BCUT2D eigenvalue weighted by molar-refractivity contribution is 6.03. The van der Waals surface area contributed by atoms with Gasteiger partial charge in [-0.05, 0) is 73.9 Å². The molecular formula is C29H30F7N3O3. The third-order valence-corrected chi connectivity index (χ3v) is 6.93. The summed E-state index contributed by atoms with van der Waals surface area (Å²) in [5.41, 5.74) is -4.17. The van der Waals surface area contributed by atoms with E-state index in [1.807, 2.05) is 0 Å². The summed E-state index contributed by atoms with van der Waals surface area (Å²) in [6, 6.07) is 6.47. The maximum Gasteiger partial charge on any atom is 0.416 e. The van der Waals surface area contributed by atoms with E-state index in [-0.39, 0.29) is 49.4 Å². The first-order chi connectivity index (χ1) is 19.4. The highest BCUT2D eigenvalue weighted by Crippen LogP contribution is 2.41. The average Bonchev–Trinajstić information content (AvgIpc) is 2.92. The van der Waals surface area contributed by atoms with Gasteiger partial charge in [0.1, 0.15) is 11.6 Å². The van der Waals surface area contributed by atoms with Crippen LogP contribution < -0.4 is 9.80 Å². The Hall–Kier alpha value is -3.71. The van der Waals surface area contributed by atoms with E-state index in [4.69, 9.17) is 0 Å². The third kappa shape index (κ3) is 7.01. The zero-order chi connectivity index (χ0) is 31.6. The van der Waals surface area contributed by atoms with Crippen LogP contribution in [0.1, 0.15) is 36.1 Å². The van der Waals surface area contributed by atoms with Crippen LogP contribution in [0.2, 0.25) is 0 Å². The second kappa shape index (κ2) is 12.3. The lowest BCUT2D eigenvalue weighted by atomic mass is 9.81. The summed E-state index contributed by atoms with van der Waals surface area (Å²) in [6.45, 7) is 3.73. The molecule has 3 aromatic rings. The van der Waals surface area contributed by atoms with Crippen molar-refractivity contribution in [1.29, 1.82) is 0 Å². The molecule has 0 saturated carbocycles. The van der Waals surface area contributed by atoms with Crippen LogP contribution in [0.25, 0.3) is 11.1 Å². The molecule has 3 rings (SSSR count). The first-order valence-corrected chi connectivity index (χ1v) is 12.7. The largest absolute Gasteiger partial charge is 0.416 e. The van der Waals surface area contributed by atoms with E-state index in [1.54, 1.807) is 11.8 Å². The number of hydrogen-bond donors (Lipinski definition) is 2. The van der Waals surface area contributed by atoms with Gasteiger partial charge in [-0.25, -0.2) is 9.37 Å². The Morgan fingerprint density at radius 3 is 1.86 bits per heavy atom. The standard InChI is InChI=1S/C29H30F7N3O3/c1-17-5-6-21(30)14-22(17)23-15-25(39(7-9-40)8-10-41)37-16-24(23)38(4)26(42)27(2,3)18-11-19(28(31,32)33)13-20(12-18)29(34,35)36/h5-6,11-16,40-41H,7-10H2,1-4H3. The Balaban J connectivity index is 2.19. The number of aliphatic hydroxyl groups is 2. The van der Waals surface area contributed by atoms with Crippen molar-refractivity contribution in [1.82, 2.24) is 4.98 Å². The quantitative estimate of drug-likeness (QED) is 0.296. The van der Waals surface area contributed by atoms with Crippen molar-refractivity contribution in [3.63, 3.8) is 0 Å². The number of rotatable bonds is 9. The molecule has 1 aromatic heterocycles. The van der Waals surface area contributed by atoms with Crippen molar-refractivity contribution in [3.05, 3.63) is 76.7 Å². The molecule has 1 heterocycles. The van der Waals surface area contributed by atoms with Gasteiger partial charge in [-0.1, -0.05) is 6.07 Å². The molecule has 0 aliphatic heterocycles. The molecule has 13 heteroatoms. The van der Waals surface area contributed by atoms with Gasteiger partial charge >= 0.3 is 12.4 Å². The van der Waals surface area contributed by atoms with Crippen LogP contribution in [0.5, 0.6) is 0 Å². The van der Waals surface area contributed by atoms with Crippen LogP contribution >= 0.6 is 0 Å². The van der Waals surface area contributed by atoms with Crippen molar-refractivity contribution in [3.8, 4) is 11.1 Å². The van der Waals surface area contributed by atoms with Crippen LogP contribution in [0.15, 0.2) is 48.7 Å². The van der Waals surface area contributed by atoms with Crippen LogP contribution in [-0.4, -0.2) is 54.5 Å². The van der Waals surface area contributed by atoms with Crippen LogP contribution in [0, 0.1) is 12.7 Å². The van der Waals surface area contributed by atoms with E-state index in [0.29, 0.717) is 23.3 Å². The Bertz CT molecular complexity index is 1400. The van der Waals surface area contributed by atoms with Crippen molar-refractivity contribution in [2.75, 3.05) is 43.2 Å². The zero-order valence-electron chi connectivity index (χ0n) is 23.2. The van der Waals surface area contributed by atoms with Gasteiger partial charge in [-0.2, -0.15) is 26.3 Å². The fourth-order valence-corrected chi connectivity index (χ4v) is 4.53. The Morgan fingerprint density at radius 1 is 0.833 bits per heavy atom. The van der Waals surface area contributed by atoms with Gasteiger partial charge in [-0.15, -0.1) is 0 Å². The summed E-state index contributed by atoms with van der Waals surface area (Å²) in [7, 11) is 1.29. The number of pyridine rings is 1. The van der Waals surface area contributed by atoms with E-state index in [9.17, 15) is 45.7 Å². The van der Waals surface area contributed by atoms with E-state index in [1.165, 1.54) is 51.4 Å². The monoisotopic (exact) mass is 601 g/mol. The molecule has 0 aliphatic carbocycles. The number of aliphatic hydroxyl groups excluding tert-OH is 2. The Kier molecular flexibility index (Phi) is 9.57. The fourth-order valence-electron chi connectivity index (χ4n) is 4.53. The SMILES string of the molecule is Cc1ccc(F)cc1-c1cc(N(CCO)CCO)ncc1N(C)C(=O)C(C)(C)c1cc(C(F)(F)F)cc(C(F)(F)F)c1. The van der Waals surface area contributed by atoms with Crippen molar-refractivity contribution in [2.45, 2.75) is 38.5 Å². The fraction of sp³-hybridized carbons (Fsp3) is 0.379. The molecule has 2 N–H and O–H groups in total. The molecule has 0 fully saturated rings. The van der Waals surface area contributed by atoms with Gasteiger partial charge in [0.25, 0.3) is 0 Å². The molecule has 2 aromatic carbocycles. The predicted molar refractivity (Wildman–Crippen MR) is 144 cm³/mol. The molecule has 0 saturated heterocycles. The number of anilines is 2. The maximum atomic E-state index is 14.3. The lowest BCUT2D eigenvalue weighted by Gasteiger charge is -2.32. The smallest absolute Gasteiger partial charge is 0.395 e. The Morgan fingerprint density at radius 2 is 1.36 bits per heavy atom. The number of amides is 1. The van der Waals surface area contributed by atoms with Crippen LogP contribution in [-0.2, 0) is 22.6 Å². The number of aromatic nitrogens is 1. The number of likely N-dealkylation sites (N-methyl/N-ethyl adjacent to an activating group) is 1. The summed E-state index contributed by atoms with van der Waals surface area (Å²) >= 11 is 0. The number of carbonyl (C=O) groups excluding carboxylic acids is 1. The van der Waals surface area contributed by atoms with Crippen LogP contribution in [0.4, 0.5) is 42.2 Å². The molecule has 0 radical (unpaired) electrons. The highest BCUT2D eigenvalue weighted by atomic mass is 19.4. The van der Waals surface area contributed by atoms with E-state index in [0.717, 1.165) is 4.90 Å². The molecular weight excluding hydrogens is 571 g/mol. The maximum absolute atomic E-state index is 14.3. The van der Waals surface area contributed by atoms with Gasteiger partial charge < -0.3 is 20.0 Å². The molecule has 0 unspecified atom stereocenters. The van der Waals surface area contributed by atoms with Crippen molar-refractivity contribution in [2.24, 2.45) is 0 Å². The normalized spacial score (nSPS) is 12.4. The molecule has 0 bridgehead atoms. The predicted octanol–water partition coefficient (Wildman–Crippen LogP) is 5.97. The number of hydrogen-bond acceptors (Lipinski definition) is 5. The zero-order valence-corrected chi connectivity index (χ0v) is 23.2. The molecule has 0 aliphatic rings. The molecule has 0 atom stereocenters. The Labute approximate surface area is 238 Å². The molecule has 6 nitrogen and oxygen atoms in total. The number of nitrogens with zero attached hydrogens (tertiary/aromatic N) is 3. The van der Waals surface area contributed by atoms with E-state index in [2.05, 4.69) is 4.98 Å². The topological polar surface area (TPSA) is 76.9 Å². The summed E-state index contributed by atoms with van der Waals surface area (Å²) in [5.74, 6) is -1.18. The van der Waals surface area contributed by atoms with Gasteiger partial charge in [-0.3, -0.25) is 4.79 Å².